The molecule has 0 bridgehead atoms. The van der Waals surface area contributed by atoms with Gasteiger partial charge in [0.2, 0.25) is 5.91 Å². The Bertz CT molecular complexity index is 568. The number of carboxylic acid groups (broad SMARTS) is 1. The van der Waals surface area contributed by atoms with Gasteiger partial charge in [-0.2, -0.15) is 0 Å². The number of primary amides is 1. The van der Waals surface area contributed by atoms with Crippen LogP contribution in [0.3, 0.4) is 0 Å². The van der Waals surface area contributed by atoms with Crippen molar-refractivity contribution in [2.45, 2.75) is 37.8 Å². The second-order valence-electron chi connectivity index (χ2n) is 5.08. The summed E-state index contributed by atoms with van der Waals surface area (Å²) >= 11 is 1.38. The highest BCUT2D eigenvalue weighted by Gasteiger charge is 2.24. The summed E-state index contributed by atoms with van der Waals surface area (Å²) in [5, 5.41) is 16.8. The first-order valence-electron chi connectivity index (χ1n) is 6.98. The number of nitrogens with zero attached hydrogens (tertiary/aromatic N) is 1. The van der Waals surface area contributed by atoms with E-state index in [1.807, 2.05) is 0 Å². The van der Waals surface area contributed by atoms with E-state index in [-0.39, 0.29) is 24.6 Å². The zero-order valence-corrected chi connectivity index (χ0v) is 12.7. The number of hydrogen-bond acceptors (Lipinski definition) is 6. The van der Waals surface area contributed by atoms with Gasteiger partial charge in [-0.25, -0.2) is 4.98 Å². The molecule has 2 heterocycles. The Labute approximate surface area is 131 Å². The van der Waals surface area contributed by atoms with Crippen molar-refractivity contribution in [2.24, 2.45) is 5.73 Å². The molecule has 0 radical (unpaired) electrons. The van der Waals surface area contributed by atoms with Crippen LogP contribution in [0.25, 0.3) is 0 Å². The van der Waals surface area contributed by atoms with Crippen molar-refractivity contribution in [3.63, 3.8) is 0 Å². The van der Waals surface area contributed by atoms with E-state index in [2.05, 4.69) is 15.6 Å². The normalized spacial score (nSPS) is 18.8. The molecule has 9 heteroatoms. The third-order valence-corrected chi connectivity index (χ3v) is 4.37. The van der Waals surface area contributed by atoms with Crippen molar-refractivity contribution < 1.29 is 19.5 Å². The summed E-state index contributed by atoms with van der Waals surface area (Å²) in [6, 6.07) is -0.844. The molecular weight excluding hydrogens is 308 g/mol. The van der Waals surface area contributed by atoms with Gasteiger partial charge in [-0.05, 0) is 25.8 Å². The fourth-order valence-corrected chi connectivity index (χ4v) is 3.14. The molecule has 0 spiro atoms. The maximum absolute atomic E-state index is 12.1. The molecule has 2 unspecified atom stereocenters. The number of aliphatic carboxylic acids is 1. The van der Waals surface area contributed by atoms with Crippen LogP contribution in [0.5, 0.6) is 0 Å². The second-order valence-corrected chi connectivity index (χ2v) is 5.97. The fraction of sp³-hybridized carbons (Fsp3) is 0.538. The van der Waals surface area contributed by atoms with Gasteiger partial charge in [0.15, 0.2) is 0 Å². The number of rotatable bonds is 7. The largest absolute Gasteiger partial charge is 0.481 e. The van der Waals surface area contributed by atoms with Crippen molar-refractivity contribution in [1.29, 1.82) is 0 Å². The average Bonchev–Trinajstić information content (AvgIpc) is 3.11. The molecule has 0 aromatic carbocycles. The Morgan fingerprint density at radius 2 is 2.32 bits per heavy atom. The predicted molar refractivity (Wildman–Crippen MR) is 79.4 cm³/mol. The number of hydrogen-bond donors (Lipinski definition) is 4. The summed E-state index contributed by atoms with van der Waals surface area (Å²) < 4.78 is 0. The number of carbonyl (C=O) groups is 3. The predicted octanol–water partition coefficient (Wildman–Crippen LogP) is 0.0161. The summed E-state index contributed by atoms with van der Waals surface area (Å²) in [6.07, 6.45) is 1.77. The van der Waals surface area contributed by atoms with Gasteiger partial charge in [-0.15, -0.1) is 11.3 Å². The smallest absolute Gasteiger partial charge is 0.303 e. The summed E-state index contributed by atoms with van der Waals surface area (Å²) in [7, 11) is 0. The Hall–Kier alpha value is -2.00. The van der Waals surface area contributed by atoms with Crippen molar-refractivity contribution in [2.75, 3.05) is 6.54 Å². The van der Waals surface area contributed by atoms with Crippen molar-refractivity contribution in [3.8, 4) is 0 Å². The van der Waals surface area contributed by atoms with Gasteiger partial charge in [-0.3, -0.25) is 14.4 Å². The molecule has 1 fully saturated rings. The average molecular weight is 326 g/mol. The van der Waals surface area contributed by atoms with Crippen molar-refractivity contribution >= 4 is 29.1 Å². The van der Waals surface area contributed by atoms with Crippen LogP contribution in [0.2, 0.25) is 0 Å². The number of amides is 2. The van der Waals surface area contributed by atoms with Crippen LogP contribution < -0.4 is 16.4 Å². The number of thiazole rings is 1. The van der Waals surface area contributed by atoms with E-state index in [9.17, 15) is 14.4 Å². The van der Waals surface area contributed by atoms with Gasteiger partial charge in [0, 0.05) is 11.8 Å². The van der Waals surface area contributed by atoms with Gasteiger partial charge >= 0.3 is 5.97 Å². The van der Waals surface area contributed by atoms with Gasteiger partial charge < -0.3 is 21.5 Å². The summed E-state index contributed by atoms with van der Waals surface area (Å²) in [5.41, 5.74) is 5.40. The van der Waals surface area contributed by atoms with Gasteiger partial charge in [0.1, 0.15) is 16.7 Å². The molecule has 8 nitrogen and oxygen atoms in total. The highest BCUT2D eigenvalue weighted by molar-refractivity contribution is 7.09. The van der Waals surface area contributed by atoms with Crippen LogP contribution in [-0.2, 0) is 9.59 Å². The zero-order valence-electron chi connectivity index (χ0n) is 11.9. The molecular formula is C13H18N4O4S. The number of nitrogens with one attached hydrogen (secondary N) is 2. The summed E-state index contributed by atoms with van der Waals surface area (Å²) in [4.78, 5) is 38.2. The first kappa shape index (κ1) is 16.4. The van der Waals surface area contributed by atoms with Crippen LogP contribution in [0.1, 0.15) is 47.2 Å². The molecule has 5 N–H and O–H groups in total. The Morgan fingerprint density at radius 1 is 1.55 bits per heavy atom. The van der Waals surface area contributed by atoms with E-state index >= 15 is 0 Å². The highest BCUT2D eigenvalue weighted by Crippen LogP contribution is 2.25. The van der Waals surface area contributed by atoms with E-state index in [1.54, 1.807) is 5.38 Å². The molecule has 1 aromatic heterocycles. The molecule has 2 amide bonds. The molecule has 2 rings (SSSR count). The minimum Gasteiger partial charge on any atom is -0.481 e. The first-order valence-corrected chi connectivity index (χ1v) is 7.86. The van der Waals surface area contributed by atoms with E-state index in [0.29, 0.717) is 0 Å². The van der Waals surface area contributed by atoms with Crippen LogP contribution >= 0.6 is 11.3 Å². The lowest BCUT2D eigenvalue weighted by Crippen LogP contribution is -2.44. The van der Waals surface area contributed by atoms with Crippen LogP contribution in [0.4, 0.5) is 0 Å². The molecule has 1 aliphatic heterocycles. The lowest BCUT2D eigenvalue weighted by Gasteiger charge is -2.13. The van der Waals surface area contributed by atoms with Gasteiger partial charge in [-0.1, -0.05) is 0 Å². The number of carbonyl (C=O) groups excluding carboxylic acids is 2. The zero-order chi connectivity index (χ0) is 16.1. The summed E-state index contributed by atoms with van der Waals surface area (Å²) in [5.74, 6) is -2.33. The minimum absolute atomic E-state index is 0.0441. The molecule has 0 saturated carbocycles. The van der Waals surface area contributed by atoms with E-state index in [0.717, 1.165) is 24.4 Å². The quantitative estimate of drug-likeness (QED) is 0.558. The maximum Gasteiger partial charge on any atom is 0.303 e. The van der Waals surface area contributed by atoms with Gasteiger partial charge in [0.05, 0.1) is 6.04 Å². The van der Waals surface area contributed by atoms with Crippen molar-refractivity contribution in [3.05, 3.63) is 16.1 Å². The Kier molecular flexibility index (Phi) is 5.45. The number of aromatic nitrogens is 1. The van der Waals surface area contributed by atoms with E-state index in [1.165, 1.54) is 11.3 Å². The van der Waals surface area contributed by atoms with Gasteiger partial charge in [0.25, 0.3) is 5.91 Å². The third kappa shape index (κ3) is 4.25. The topological polar surface area (TPSA) is 134 Å². The summed E-state index contributed by atoms with van der Waals surface area (Å²) in [6.45, 7) is 0.935. The van der Waals surface area contributed by atoms with Crippen LogP contribution in [-0.4, -0.2) is 40.5 Å². The molecule has 1 aliphatic rings. The van der Waals surface area contributed by atoms with E-state index in [4.69, 9.17) is 10.8 Å². The molecule has 1 aromatic rings. The molecule has 1 saturated heterocycles. The Balaban J connectivity index is 1.97. The second kappa shape index (κ2) is 7.32. The number of nitrogens with two attached hydrogens (primary N) is 1. The monoisotopic (exact) mass is 326 g/mol. The van der Waals surface area contributed by atoms with Crippen molar-refractivity contribution in [1.82, 2.24) is 15.6 Å². The van der Waals surface area contributed by atoms with Crippen LogP contribution in [0.15, 0.2) is 5.38 Å². The van der Waals surface area contributed by atoms with Crippen LogP contribution in [0, 0.1) is 0 Å². The molecule has 2 atom stereocenters. The lowest BCUT2D eigenvalue weighted by atomic mass is 10.1. The standard InChI is InChI=1S/C13H18N4O4S/c14-11(20)7(3-4-10(18)19)16-12(21)9-6-22-13(17-9)8-2-1-5-15-8/h6-8,15H,1-5H2,(H2,14,20)(H,16,21)(H,18,19). The SMILES string of the molecule is NC(=O)C(CCC(=O)O)NC(=O)c1csc(C2CCCN2)n1. The fourth-order valence-electron chi connectivity index (χ4n) is 2.23. The molecule has 120 valence electrons. The third-order valence-electron chi connectivity index (χ3n) is 3.41. The highest BCUT2D eigenvalue weighted by atomic mass is 32.1. The molecule has 0 aliphatic carbocycles. The minimum atomic E-state index is -1.05. The first-order chi connectivity index (χ1) is 10.5. The molecule has 22 heavy (non-hydrogen) atoms. The Morgan fingerprint density at radius 3 is 2.91 bits per heavy atom. The number of carboxylic acids is 1. The lowest BCUT2D eigenvalue weighted by molar-refractivity contribution is -0.137. The maximum atomic E-state index is 12.1. The van der Waals surface area contributed by atoms with E-state index < -0.39 is 23.8 Å².